The lowest BCUT2D eigenvalue weighted by Gasteiger charge is -2.28. The van der Waals surface area contributed by atoms with Crippen molar-refractivity contribution in [3.63, 3.8) is 0 Å². The van der Waals surface area contributed by atoms with Gasteiger partial charge in [-0.25, -0.2) is 12.8 Å². The molecular weight excluding hydrogens is 391 g/mol. The summed E-state index contributed by atoms with van der Waals surface area (Å²) in [5, 5.41) is 0.337. The first-order chi connectivity index (χ1) is 13.8. The summed E-state index contributed by atoms with van der Waals surface area (Å²) in [6.45, 7) is 0. The van der Waals surface area contributed by atoms with E-state index >= 15 is 0 Å². The van der Waals surface area contributed by atoms with Crippen molar-refractivity contribution in [2.45, 2.75) is 42.1 Å². The van der Waals surface area contributed by atoms with E-state index in [9.17, 15) is 17.6 Å². The molecule has 0 aliphatic carbocycles. The van der Waals surface area contributed by atoms with Crippen molar-refractivity contribution in [3.8, 4) is 11.1 Å². The fourth-order valence-electron chi connectivity index (χ4n) is 5.06. The predicted molar refractivity (Wildman–Crippen MR) is 110 cm³/mol. The second kappa shape index (κ2) is 6.42. The average Bonchev–Trinajstić information content (AvgIpc) is 3.12. The van der Waals surface area contributed by atoms with Gasteiger partial charge < -0.3 is 10.7 Å². The molecule has 3 N–H and O–H groups in total. The molecule has 3 aromatic rings. The molecular formula is C22H21FN2O3S. The molecule has 29 heavy (non-hydrogen) atoms. The van der Waals surface area contributed by atoms with Crippen molar-refractivity contribution in [2.75, 3.05) is 0 Å². The summed E-state index contributed by atoms with van der Waals surface area (Å²) in [6.07, 6.45) is 4.57. The number of nitrogens with two attached hydrogens (primary N) is 1. The number of sulfone groups is 1. The normalized spacial score (nSPS) is 25.3. The Kier molecular flexibility index (Phi) is 4.07. The van der Waals surface area contributed by atoms with Crippen LogP contribution in [0.4, 0.5) is 4.39 Å². The van der Waals surface area contributed by atoms with Crippen LogP contribution in [-0.4, -0.2) is 29.8 Å². The number of carbonyl (C=O) groups is 1. The van der Waals surface area contributed by atoms with E-state index in [0.717, 1.165) is 34.9 Å². The Balaban J connectivity index is 1.64. The number of carbonyl (C=O) groups excluding carboxylic acids is 1. The maximum absolute atomic E-state index is 13.3. The van der Waals surface area contributed by atoms with Crippen molar-refractivity contribution in [2.24, 2.45) is 5.73 Å². The second-order valence-electron chi connectivity index (χ2n) is 8.14. The Labute approximate surface area is 168 Å². The van der Waals surface area contributed by atoms with Crippen LogP contribution in [-0.2, 0) is 9.84 Å². The minimum absolute atomic E-state index is 0.119. The summed E-state index contributed by atoms with van der Waals surface area (Å²) in [7, 11) is -3.00. The van der Waals surface area contributed by atoms with Crippen molar-refractivity contribution in [1.82, 2.24) is 4.98 Å². The molecule has 1 amide bonds. The Morgan fingerprint density at radius 1 is 1.03 bits per heavy atom. The highest BCUT2D eigenvalue weighted by molar-refractivity contribution is 7.93. The fraction of sp³-hybridized carbons (Fsp3) is 0.318. The van der Waals surface area contributed by atoms with Crippen molar-refractivity contribution < 1.29 is 17.6 Å². The molecule has 2 saturated heterocycles. The molecule has 2 unspecified atom stereocenters. The van der Waals surface area contributed by atoms with E-state index < -0.39 is 15.7 Å². The standard InChI is InChI=1S/C22H21FN2O3S/c23-15-3-1-12(2-4-15)13-9-18-20(11-25-21(18)19(10-13)22(24)26)14-7-16-5-6-17(8-14)29(16,27)28/h1-4,9-11,14,16-17,25H,5-8H2,(H2,24,26). The number of fused-ring (bicyclic) bond motifs is 3. The Bertz CT molecular complexity index is 1210. The van der Waals surface area contributed by atoms with Crippen LogP contribution in [0.3, 0.4) is 0 Å². The number of aromatic nitrogens is 1. The maximum atomic E-state index is 13.3. The first-order valence-electron chi connectivity index (χ1n) is 9.78. The third-order valence-corrected chi connectivity index (χ3v) is 9.25. The highest BCUT2D eigenvalue weighted by atomic mass is 32.2. The van der Waals surface area contributed by atoms with Gasteiger partial charge in [0.1, 0.15) is 5.82 Å². The quantitative estimate of drug-likeness (QED) is 0.683. The number of primary amides is 1. The molecule has 2 atom stereocenters. The molecule has 150 valence electrons. The summed E-state index contributed by atoms with van der Waals surface area (Å²) in [5.41, 5.74) is 9.26. The van der Waals surface area contributed by atoms with Crippen LogP contribution in [0.15, 0.2) is 42.6 Å². The lowest BCUT2D eigenvalue weighted by atomic mass is 9.89. The lowest BCUT2D eigenvalue weighted by Crippen LogP contribution is -2.31. The maximum Gasteiger partial charge on any atom is 0.250 e. The highest BCUT2D eigenvalue weighted by Crippen LogP contribution is 2.47. The van der Waals surface area contributed by atoms with E-state index in [0.29, 0.717) is 23.9 Å². The molecule has 0 spiro atoms. The molecule has 2 aliphatic heterocycles. The van der Waals surface area contributed by atoms with Crippen LogP contribution in [0.25, 0.3) is 22.0 Å². The number of rotatable bonds is 3. The number of H-pyrrole nitrogens is 1. The number of nitrogens with one attached hydrogen (secondary N) is 1. The van der Waals surface area contributed by atoms with Gasteiger partial charge >= 0.3 is 0 Å². The predicted octanol–water partition coefficient (Wildman–Crippen LogP) is 3.90. The summed E-state index contributed by atoms with van der Waals surface area (Å²) in [4.78, 5) is 15.3. The number of hydrogen-bond acceptors (Lipinski definition) is 3. The first-order valence-corrected chi connectivity index (χ1v) is 11.4. The van der Waals surface area contributed by atoms with Crippen LogP contribution in [0.2, 0.25) is 0 Å². The van der Waals surface area contributed by atoms with E-state index in [-0.39, 0.29) is 22.2 Å². The van der Waals surface area contributed by atoms with Gasteiger partial charge in [0.2, 0.25) is 0 Å². The topological polar surface area (TPSA) is 93.0 Å². The molecule has 2 fully saturated rings. The van der Waals surface area contributed by atoms with Gasteiger partial charge in [0.15, 0.2) is 9.84 Å². The summed E-state index contributed by atoms with van der Waals surface area (Å²) < 4.78 is 38.3. The molecule has 0 saturated carbocycles. The summed E-state index contributed by atoms with van der Waals surface area (Å²) >= 11 is 0. The number of aromatic amines is 1. The van der Waals surface area contributed by atoms with Gasteiger partial charge in [-0.2, -0.15) is 0 Å². The van der Waals surface area contributed by atoms with Crippen LogP contribution in [0.1, 0.15) is 47.5 Å². The van der Waals surface area contributed by atoms with Crippen LogP contribution >= 0.6 is 0 Å². The largest absolute Gasteiger partial charge is 0.366 e. The third-order valence-electron chi connectivity index (χ3n) is 6.54. The van der Waals surface area contributed by atoms with Gasteiger partial charge in [-0.05, 0) is 72.6 Å². The smallest absolute Gasteiger partial charge is 0.250 e. The van der Waals surface area contributed by atoms with Gasteiger partial charge in [0, 0.05) is 11.6 Å². The van der Waals surface area contributed by atoms with Crippen LogP contribution in [0.5, 0.6) is 0 Å². The Morgan fingerprint density at radius 3 is 2.31 bits per heavy atom. The number of benzene rings is 2. The van der Waals surface area contributed by atoms with E-state index in [4.69, 9.17) is 5.73 Å². The van der Waals surface area contributed by atoms with Crippen molar-refractivity contribution in [3.05, 3.63) is 59.5 Å². The molecule has 5 rings (SSSR count). The van der Waals surface area contributed by atoms with Gasteiger partial charge in [0.05, 0.1) is 21.6 Å². The zero-order valence-electron chi connectivity index (χ0n) is 15.7. The molecule has 2 aliphatic rings. The van der Waals surface area contributed by atoms with E-state index in [2.05, 4.69) is 4.98 Å². The third kappa shape index (κ3) is 2.87. The molecule has 3 heterocycles. The number of hydrogen-bond donors (Lipinski definition) is 2. The lowest BCUT2D eigenvalue weighted by molar-refractivity contribution is 0.100. The van der Waals surface area contributed by atoms with E-state index in [1.54, 1.807) is 18.2 Å². The molecule has 7 heteroatoms. The van der Waals surface area contributed by atoms with E-state index in [1.807, 2.05) is 12.3 Å². The van der Waals surface area contributed by atoms with Crippen LogP contribution < -0.4 is 5.73 Å². The molecule has 2 aromatic carbocycles. The van der Waals surface area contributed by atoms with Gasteiger partial charge in [-0.3, -0.25) is 4.79 Å². The minimum Gasteiger partial charge on any atom is -0.366 e. The SMILES string of the molecule is NC(=O)c1cc(-c2ccc(F)cc2)cc2c(C3CC4CCC(C3)S4(=O)=O)c[nH]c12. The van der Waals surface area contributed by atoms with Crippen LogP contribution in [0, 0.1) is 5.82 Å². The van der Waals surface area contributed by atoms with Gasteiger partial charge in [0.25, 0.3) is 5.91 Å². The summed E-state index contributed by atoms with van der Waals surface area (Å²) in [5.74, 6) is -0.751. The average molecular weight is 412 g/mol. The van der Waals surface area contributed by atoms with E-state index in [1.165, 1.54) is 12.1 Å². The molecule has 0 radical (unpaired) electrons. The molecule has 5 nitrogen and oxygen atoms in total. The Morgan fingerprint density at radius 2 is 1.69 bits per heavy atom. The highest BCUT2D eigenvalue weighted by Gasteiger charge is 2.47. The molecule has 1 aromatic heterocycles. The second-order valence-corrected chi connectivity index (χ2v) is 10.7. The van der Waals surface area contributed by atoms with Gasteiger partial charge in [-0.15, -0.1) is 0 Å². The molecule has 2 bridgehead atoms. The zero-order valence-corrected chi connectivity index (χ0v) is 16.5. The fourth-order valence-corrected chi connectivity index (χ4v) is 7.53. The Hall–Kier alpha value is -2.67. The number of halogens is 1. The van der Waals surface area contributed by atoms with Gasteiger partial charge in [-0.1, -0.05) is 12.1 Å². The first kappa shape index (κ1) is 18.4. The number of amides is 1. The minimum atomic E-state index is -3.00. The van der Waals surface area contributed by atoms with Crippen molar-refractivity contribution >= 4 is 26.6 Å². The zero-order chi connectivity index (χ0) is 20.3. The summed E-state index contributed by atoms with van der Waals surface area (Å²) in [6, 6.07) is 9.79. The van der Waals surface area contributed by atoms with Crippen molar-refractivity contribution in [1.29, 1.82) is 0 Å². The monoisotopic (exact) mass is 412 g/mol.